The molecule has 10 aliphatic rings. The van der Waals surface area contributed by atoms with E-state index in [9.17, 15) is 162 Å². The van der Waals surface area contributed by atoms with E-state index in [0.29, 0.717) is 0 Å². The van der Waals surface area contributed by atoms with E-state index < -0.39 is 397 Å². The average molecular weight is 1800 g/mol. The minimum Gasteiger partial charge on any atom is -0.394 e. The van der Waals surface area contributed by atoms with Crippen LogP contribution >= 0.6 is 0 Å². The van der Waals surface area contributed by atoms with Crippen molar-refractivity contribution in [2.45, 2.75) is 335 Å². The quantitative estimate of drug-likeness (QED) is 0.0297. The van der Waals surface area contributed by atoms with Gasteiger partial charge in [0.25, 0.3) is 0 Å². The maximum Gasteiger partial charge on any atom is 0.217 e. The molecule has 0 aromatic carbocycles. The van der Waals surface area contributed by atoms with Gasteiger partial charge in [0.05, 0.1) is 66.1 Å². The molecule has 0 bridgehead atoms. The first-order chi connectivity index (χ1) is 58.2. The summed E-state index contributed by atoms with van der Waals surface area (Å²) in [6.45, 7) is -7.22. The highest BCUT2D eigenvalue weighted by atomic mass is 16.8. The fourth-order valence-electron chi connectivity index (χ4n) is 15.9. The van der Waals surface area contributed by atoms with Crippen LogP contribution in [0.25, 0.3) is 0 Å². The van der Waals surface area contributed by atoms with Crippen LogP contribution in [0, 0.1) is 0 Å². The van der Waals surface area contributed by atoms with Gasteiger partial charge in [-0.2, -0.15) is 0 Å². The van der Waals surface area contributed by atoms with E-state index in [-0.39, 0.29) is 0 Å². The largest absolute Gasteiger partial charge is 0.394 e. The molecule has 0 spiro atoms. The minimum absolute atomic E-state index is 0.905. The Morgan fingerprint density at radius 2 is 0.439 bits per heavy atom. The van der Waals surface area contributed by atoms with E-state index in [1.807, 2.05) is 0 Å². The lowest BCUT2D eigenvalue weighted by atomic mass is 9.93. The zero-order valence-corrected chi connectivity index (χ0v) is 65.9. The number of amides is 4. The fraction of sp³-hybridized carbons (Fsp3) is 0.941. The second-order valence-corrected chi connectivity index (χ2v) is 31.0. The Bertz CT molecular complexity index is 3300. The number of carbonyl (C=O) groups is 4. The molecular weight excluding hydrogens is 1690 g/mol. The molecule has 0 aromatic heterocycles. The predicted molar refractivity (Wildman–Crippen MR) is 376 cm³/mol. The van der Waals surface area contributed by atoms with Crippen molar-refractivity contribution < 1.29 is 252 Å². The summed E-state index contributed by atoms with van der Waals surface area (Å²) in [4.78, 5) is 52.4. The molecule has 4 amide bonds. The molecule has 10 fully saturated rings. The van der Waals surface area contributed by atoms with Crippen LogP contribution in [0.5, 0.6) is 0 Å². The summed E-state index contributed by atoms with van der Waals surface area (Å²) in [5, 5.41) is 319. The summed E-state index contributed by atoms with van der Waals surface area (Å²) in [6, 6.07) is -7.75. The molecular formula is C68H114N4O51. The van der Waals surface area contributed by atoms with Crippen molar-refractivity contribution in [1.82, 2.24) is 21.3 Å². The van der Waals surface area contributed by atoms with Gasteiger partial charge in [-0.25, -0.2) is 0 Å². The Labute approximate surface area is 695 Å². The Morgan fingerprint density at radius 3 is 0.740 bits per heavy atom. The van der Waals surface area contributed by atoms with Crippen molar-refractivity contribution in [3.8, 4) is 0 Å². The third-order valence-corrected chi connectivity index (χ3v) is 22.4. The van der Waals surface area contributed by atoms with Crippen LogP contribution in [0.2, 0.25) is 0 Å². The van der Waals surface area contributed by atoms with Crippen LogP contribution < -0.4 is 21.3 Å². The average Bonchev–Trinajstić information content (AvgIpc) is 0.775. The zero-order valence-electron chi connectivity index (χ0n) is 65.9. The molecule has 0 radical (unpaired) electrons. The summed E-state index contributed by atoms with van der Waals surface area (Å²) >= 11 is 0. The molecule has 0 aromatic rings. The van der Waals surface area contributed by atoms with Gasteiger partial charge < -0.3 is 254 Å². The molecule has 712 valence electrons. The van der Waals surface area contributed by atoms with Crippen molar-refractivity contribution in [3.05, 3.63) is 0 Å². The highest BCUT2D eigenvalue weighted by molar-refractivity contribution is 5.74. The monoisotopic (exact) mass is 1800 g/mol. The zero-order chi connectivity index (χ0) is 90.5. The number of aliphatic hydroxyl groups is 28. The topological polar surface area (TPSA) is 858 Å². The van der Waals surface area contributed by atoms with E-state index in [0.717, 1.165) is 27.7 Å². The van der Waals surface area contributed by atoms with Gasteiger partial charge in [-0.15, -0.1) is 0 Å². The van der Waals surface area contributed by atoms with Crippen molar-refractivity contribution in [2.24, 2.45) is 0 Å². The Morgan fingerprint density at radius 1 is 0.211 bits per heavy atom. The number of rotatable bonds is 32. The first kappa shape index (κ1) is 101. The summed E-state index contributed by atoms with van der Waals surface area (Å²) in [6.07, 6.45) is -96.0. The van der Waals surface area contributed by atoms with Gasteiger partial charge in [0.2, 0.25) is 23.6 Å². The number of ether oxygens (including phenoxy) is 19. The van der Waals surface area contributed by atoms with E-state index in [1.165, 1.54) is 0 Å². The Hall–Kier alpha value is -4.00. The van der Waals surface area contributed by atoms with Crippen molar-refractivity contribution in [3.63, 3.8) is 0 Å². The van der Waals surface area contributed by atoms with Crippen LogP contribution in [0.15, 0.2) is 0 Å². The first-order valence-corrected chi connectivity index (χ1v) is 39.1. The molecule has 55 heteroatoms. The SMILES string of the molecule is CC(=O)N[C@H]1[C@H](OC[C@H]2O[C@@H](O[C@H]3[C@H](O)[C@@H](NC(C)=O)[C@H](OC[C@H]4O[C@@H](O[C@H]5[C@H](O)[C@@H](O)C(O)O[C@@H]5CO)[C@H](O)[C@@H](O[C@@H]5O[C@H](CO)[C@@H](O)[C@H](O[C@@H]6O[C@H](CO)[C@H](O)[C@H](O)[C@H]6O)[C@H]5NC(C)=O)[C@H]4O)O[C@@H]3CO)[C@H](O)[C@@H](O[C@@H]3O[C@H](CO)[C@@H](O)[C@@H](O[C@@H]4O[C@H](CO)[C@H](O)[C@H](O)[C@H]4O)[C@H]3NC(C)=O)[C@H]2O)O[C@H](CO)[C@@H](O[C@@H]2O[C@H](CO)[C@H](O)[C@H](O)[C@H]2O)[C@@H]1O. The van der Waals surface area contributed by atoms with Crippen LogP contribution in [0.3, 0.4) is 0 Å². The molecule has 10 aliphatic heterocycles. The molecule has 55 nitrogen and oxygen atoms in total. The third kappa shape index (κ3) is 22.4. The lowest BCUT2D eigenvalue weighted by molar-refractivity contribution is -0.386. The maximum absolute atomic E-state index is 13.3. The fourth-order valence-corrected chi connectivity index (χ4v) is 15.9. The van der Waals surface area contributed by atoms with Crippen molar-refractivity contribution in [1.29, 1.82) is 0 Å². The minimum atomic E-state index is -2.54. The Balaban J connectivity index is 0.958. The number of aliphatic hydroxyl groups excluding tert-OH is 28. The smallest absolute Gasteiger partial charge is 0.217 e. The predicted octanol–water partition coefficient (Wildman–Crippen LogP) is -22.2. The van der Waals surface area contributed by atoms with E-state index >= 15 is 0 Å². The van der Waals surface area contributed by atoms with Crippen molar-refractivity contribution in [2.75, 3.05) is 66.1 Å². The van der Waals surface area contributed by atoms with Crippen LogP contribution in [-0.2, 0) is 109 Å². The van der Waals surface area contributed by atoms with Gasteiger partial charge in [-0.05, 0) is 0 Å². The highest BCUT2D eigenvalue weighted by Gasteiger charge is 2.62. The molecule has 32 N–H and O–H groups in total. The second-order valence-electron chi connectivity index (χ2n) is 31.0. The Kier molecular flexibility index (Phi) is 36.4. The number of hydrogen-bond donors (Lipinski definition) is 32. The van der Waals surface area contributed by atoms with Gasteiger partial charge in [-0.3, -0.25) is 19.2 Å². The number of carbonyl (C=O) groups excluding carboxylic acids is 4. The standard InChI is InChI=1S/C68H114N4O51/c1-15(81)69-29-40(92)52(117-64-47(99)42(94)33(85)19(5-73)110-64)25(11-79)113-60(29)105-13-27-38(90)57(122-62-31(71-17(3)83)55(36(88)22(8-76)108-62)120-65-48(100)43(95)34(86)20(6-74)111-65)50(102)67(115-27)118-53-26(12-80)114-61(30(41(53)93)70-16(2)82)106-14-28-39(91)58(51(103)68(116-28)119-54-24(10-78)107-59(104)46(98)45(54)97)123-63-32(72-18(4)84)56(37(89)23(9-77)109-63)121-66-49(101)44(96)35(87)21(7-75)112-66/h19-68,73-80,85-104H,5-14H2,1-4H3,(H,69,81)(H,70,82)(H,71,83)(H,72,84)/t19-,20-,21-,22-,23-,24-,25-,26-,27-,28-,29-,30-,31-,32-,33+,34+,35+,36-,37-,38+,39+,40-,41-,42+,43+,44+,45-,46-,47-,48-,49-,50-,51-,52-,53-,54-,55+,56-,57+,58+,59?,60-,61-,62+,63+,64+,65+,66+,67+,68+/m1/s1. The second kappa shape index (κ2) is 44.3. The number of nitrogens with one attached hydrogen (secondary N) is 4. The van der Waals surface area contributed by atoms with E-state index in [4.69, 9.17) is 90.0 Å². The molecule has 0 aliphatic carbocycles. The molecule has 10 heterocycles. The molecule has 123 heavy (non-hydrogen) atoms. The van der Waals surface area contributed by atoms with Crippen LogP contribution in [-0.4, -0.2) is 539 Å². The maximum atomic E-state index is 13.3. The van der Waals surface area contributed by atoms with Gasteiger partial charge in [0.1, 0.15) is 244 Å². The molecule has 0 saturated carbocycles. The van der Waals surface area contributed by atoms with E-state index in [2.05, 4.69) is 21.3 Å². The van der Waals surface area contributed by atoms with Gasteiger partial charge >= 0.3 is 0 Å². The summed E-state index contributed by atoms with van der Waals surface area (Å²) in [5.41, 5.74) is 0. The van der Waals surface area contributed by atoms with Gasteiger partial charge in [0, 0.05) is 27.7 Å². The molecule has 10 saturated heterocycles. The van der Waals surface area contributed by atoms with Crippen LogP contribution in [0.1, 0.15) is 27.7 Å². The van der Waals surface area contributed by atoms with Crippen LogP contribution in [0.4, 0.5) is 0 Å². The summed E-state index contributed by atoms with van der Waals surface area (Å²) in [7, 11) is 0. The van der Waals surface area contributed by atoms with Crippen molar-refractivity contribution >= 4 is 23.6 Å². The van der Waals surface area contributed by atoms with E-state index in [1.54, 1.807) is 0 Å². The number of hydrogen-bond acceptors (Lipinski definition) is 51. The normalized spacial score (nSPS) is 49.4. The summed E-state index contributed by atoms with van der Waals surface area (Å²) < 4.78 is 112. The lowest BCUT2D eigenvalue weighted by Crippen LogP contribution is -2.71. The first-order valence-electron chi connectivity index (χ1n) is 39.1. The molecule has 1 unspecified atom stereocenters. The van der Waals surface area contributed by atoms with Gasteiger partial charge in [-0.1, -0.05) is 0 Å². The van der Waals surface area contributed by atoms with Gasteiger partial charge in [0.15, 0.2) is 62.9 Å². The summed E-state index contributed by atoms with van der Waals surface area (Å²) in [5.74, 6) is -3.86. The molecule has 50 atom stereocenters. The lowest BCUT2D eigenvalue weighted by Gasteiger charge is -2.51. The highest BCUT2D eigenvalue weighted by Crippen LogP contribution is 2.40. The molecule has 10 rings (SSSR count). The third-order valence-electron chi connectivity index (χ3n) is 22.4.